The first-order valence-corrected chi connectivity index (χ1v) is 9.95. The molecule has 1 aromatic carbocycles. The van der Waals surface area contributed by atoms with Gasteiger partial charge in [-0.3, -0.25) is 0 Å². The molecule has 0 saturated carbocycles. The van der Waals surface area contributed by atoms with Crippen molar-refractivity contribution in [2.45, 2.75) is 71.3 Å². The summed E-state index contributed by atoms with van der Waals surface area (Å²) in [4.78, 5) is 12.0. The summed E-state index contributed by atoms with van der Waals surface area (Å²) in [6.07, 6.45) is 7.18. The Morgan fingerprint density at radius 3 is 2.40 bits per heavy atom. The van der Waals surface area contributed by atoms with Crippen LogP contribution in [0.15, 0.2) is 24.3 Å². The van der Waals surface area contributed by atoms with Gasteiger partial charge < -0.3 is 14.8 Å². The highest BCUT2D eigenvalue weighted by Gasteiger charge is 2.23. The van der Waals surface area contributed by atoms with Gasteiger partial charge in [-0.15, -0.1) is 0 Å². The third-order valence-electron chi connectivity index (χ3n) is 3.96. The summed E-state index contributed by atoms with van der Waals surface area (Å²) in [7, 11) is 0. The summed E-state index contributed by atoms with van der Waals surface area (Å²) in [5.41, 5.74) is 0.493. The zero-order valence-corrected chi connectivity index (χ0v) is 16.7. The van der Waals surface area contributed by atoms with Crippen molar-refractivity contribution in [2.24, 2.45) is 0 Å². The average Bonchev–Trinajstić information content (AvgIpc) is 2.56. The van der Waals surface area contributed by atoms with Crippen molar-refractivity contribution < 1.29 is 14.3 Å². The van der Waals surface area contributed by atoms with Gasteiger partial charge in [0.2, 0.25) is 0 Å². The molecule has 25 heavy (non-hydrogen) atoms. The normalized spacial score (nSPS) is 11.2. The first-order chi connectivity index (χ1) is 12.0. The van der Waals surface area contributed by atoms with E-state index in [0.29, 0.717) is 5.75 Å². The number of anilines is 1. The number of unbranched alkanes of at least 4 members (excludes halogenated alkanes) is 4. The number of hydrogen-bond acceptors (Lipinski definition) is 5. The molecule has 0 saturated heterocycles. The minimum atomic E-state index is -0.644. The van der Waals surface area contributed by atoms with Crippen LogP contribution in [0.1, 0.15) is 65.7 Å². The lowest BCUT2D eigenvalue weighted by atomic mass is 10.00. The van der Waals surface area contributed by atoms with Crippen molar-refractivity contribution in [2.75, 3.05) is 17.6 Å². The molecule has 142 valence electrons. The fraction of sp³-hybridized carbons (Fsp3) is 0.650. The topological polar surface area (TPSA) is 47.6 Å². The minimum absolute atomic E-state index is 0.489. The Kier molecular flexibility index (Phi) is 10.5. The van der Waals surface area contributed by atoms with Crippen molar-refractivity contribution in [3.8, 4) is 5.75 Å². The molecule has 0 radical (unpaired) electrons. The largest absolute Gasteiger partial charge is 0.514 e. The second kappa shape index (κ2) is 12.1. The van der Waals surface area contributed by atoms with E-state index in [0.717, 1.165) is 37.2 Å². The standard InChI is InChI=1S/C20H33NO3S/c1-4-5-6-7-8-14-20(2,3)24-19(22)23-18-12-10-17(11-13-18)21-15-9-16-25/h10-13,21,25H,4-9,14-16H2,1-3H3. The lowest BCUT2D eigenvalue weighted by Crippen LogP contribution is -2.29. The summed E-state index contributed by atoms with van der Waals surface area (Å²) in [6.45, 7) is 6.94. The van der Waals surface area contributed by atoms with Crippen LogP contribution in [0.4, 0.5) is 10.5 Å². The quantitative estimate of drug-likeness (QED) is 0.204. The van der Waals surface area contributed by atoms with E-state index < -0.39 is 11.8 Å². The average molecular weight is 368 g/mol. The summed E-state index contributed by atoms with van der Waals surface area (Å²) < 4.78 is 10.7. The van der Waals surface area contributed by atoms with Crippen LogP contribution in [0.25, 0.3) is 0 Å². The number of benzene rings is 1. The first-order valence-electron chi connectivity index (χ1n) is 9.32. The molecule has 0 aliphatic heterocycles. The Hall–Kier alpha value is -1.36. The Bertz CT molecular complexity index is 488. The molecule has 4 nitrogen and oxygen atoms in total. The van der Waals surface area contributed by atoms with E-state index in [1.54, 1.807) is 12.1 Å². The van der Waals surface area contributed by atoms with Crippen molar-refractivity contribution >= 4 is 24.5 Å². The molecular formula is C20H33NO3S. The Balaban J connectivity index is 2.34. The van der Waals surface area contributed by atoms with Gasteiger partial charge in [0.15, 0.2) is 0 Å². The van der Waals surface area contributed by atoms with Crippen molar-refractivity contribution in [1.82, 2.24) is 0 Å². The van der Waals surface area contributed by atoms with Crippen LogP contribution >= 0.6 is 12.6 Å². The zero-order valence-electron chi connectivity index (χ0n) is 15.8. The van der Waals surface area contributed by atoms with Crippen molar-refractivity contribution in [3.63, 3.8) is 0 Å². The van der Waals surface area contributed by atoms with Gasteiger partial charge in [0, 0.05) is 12.2 Å². The van der Waals surface area contributed by atoms with Crippen LogP contribution in [0.3, 0.4) is 0 Å². The highest BCUT2D eigenvalue weighted by atomic mass is 32.1. The molecular weight excluding hydrogens is 334 g/mol. The fourth-order valence-electron chi connectivity index (χ4n) is 2.50. The molecule has 0 aliphatic carbocycles. The van der Waals surface area contributed by atoms with E-state index in [-0.39, 0.29) is 0 Å². The number of rotatable bonds is 12. The summed E-state index contributed by atoms with van der Waals surface area (Å²) >= 11 is 4.18. The predicted octanol–water partition coefficient (Wildman–Crippen LogP) is 6.07. The summed E-state index contributed by atoms with van der Waals surface area (Å²) in [5, 5.41) is 3.28. The molecule has 1 N–H and O–H groups in total. The summed E-state index contributed by atoms with van der Waals surface area (Å²) in [6, 6.07) is 7.31. The third kappa shape index (κ3) is 10.3. The maximum Gasteiger partial charge on any atom is 0.514 e. The maximum atomic E-state index is 12.0. The van der Waals surface area contributed by atoms with Crippen LogP contribution in [0.2, 0.25) is 0 Å². The molecule has 0 heterocycles. The van der Waals surface area contributed by atoms with Crippen LogP contribution in [-0.4, -0.2) is 24.1 Å². The lowest BCUT2D eigenvalue weighted by molar-refractivity contribution is 0.00277. The summed E-state index contributed by atoms with van der Waals surface area (Å²) in [5.74, 6) is 1.34. The van der Waals surface area contributed by atoms with E-state index in [1.165, 1.54) is 25.7 Å². The smallest absolute Gasteiger partial charge is 0.428 e. The van der Waals surface area contributed by atoms with Crippen molar-refractivity contribution in [1.29, 1.82) is 0 Å². The Labute approximate surface area is 158 Å². The van der Waals surface area contributed by atoms with Gasteiger partial charge in [-0.1, -0.05) is 32.6 Å². The molecule has 0 spiro atoms. The van der Waals surface area contributed by atoms with Crippen molar-refractivity contribution in [3.05, 3.63) is 24.3 Å². The molecule has 5 heteroatoms. The Morgan fingerprint density at radius 1 is 1.08 bits per heavy atom. The van der Waals surface area contributed by atoms with Gasteiger partial charge in [0.05, 0.1) is 0 Å². The monoisotopic (exact) mass is 367 g/mol. The molecule has 0 aliphatic rings. The number of thiol groups is 1. The second-order valence-corrected chi connectivity index (χ2v) is 7.35. The molecule has 0 fully saturated rings. The van der Waals surface area contributed by atoms with Crippen LogP contribution in [0, 0.1) is 0 Å². The second-order valence-electron chi connectivity index (χ2n) is 6.91. The van der Waals surface area contributed by atoms with Crippen LogP contribution in [-0.2, 0) is 4.74 Å². The van der Waals surface area contributed by atoms with Gasteiger partial charge >= 0.3 is 6.16 Å². The van der Waals surface area contributed by atoms with Gasteiger partial charge in [-0.25, -0.2) is 4.79 Å². The lowest BCUT2D eigenvalue weighted by Gasteiger charge is -2.24. The van der Waals surface area contributed by atoms with E-state index in [2.05, 4.69) is 24.9 Å². The van der Waals surface area contributed by atoms with E-state index in [1.807, 2.05) is 26.0 Å². The van der Waals surface area contributed by atoms with Gasteiger partial charge in [0.1, 0.15) is 11.4 Å². The number of carbonyl (C=O) groups is 1. The fourth-order valence-corrected chi connectivity index (χ4v) is 2.66. The molecule has 0 amide bonds. The number of hydrogen-bond donors (Lipinski definition) is 2. The Morgan fingerprint density at radius 2 is 1.76 bits per heavy atom. The number of carbonyl (C=O) groups excluding carboxylic acids is 1. The molecule has 1 aromatic rings. The molecule has 0 atom stereocenters. The molecule has 0 bridgehead atoms. The van der Waals surface area contributed by atoms with Crippen LogP contribution < -0.4 is 10.1 Å². The predicted molar refractivity (Wildman–Crippen MR) is 108 cm³/mol. The van der Waals surface area contributed by atoms with Gasteiger partial charge in [-0.2, -0.15) is 12.6 Å². The van der Waals surface area contributed by atoms with E-state index in [9.17, 15) is 4.79 Å². The third-order valence-corrected chi connectivity index (χ3v) is 4.28. The highest BCUT2D eigenvalue weighted by molar-refractivity contribution is 7.80. The first kappa shape index (κ1) is 21.7. The highest BCUT2D eigenvalue weighted by Crippen LogP contribution is 2.22. The molecule has 0 unspecified atom stereocenters. The van der Waals surface area contributed by atoms with Crippen LogP contribution in [0.5, 0.6) is 5.75 Å². The SMILES string of the molecule is CCCCCCCC(C)(C)OC(=O)Oc1ccc(NCCCS)cc1. The number of ether oxygens (including phenoxy) is 2. The zero-order chi connectivity index (χ0) is 18.5. The minimum Gasteiger partial charge on any atom is -0.428 e. The van der Waals surface area contributed by atoms with Gasteiger partial charge in [-0.05, 0) is 63.1 Å². The number of nitrogens with one attached hydrogen (secondary N) is 1. The van der Waals surface area contributed by atoms with Gasteiger partial charge in [0.25, 0.3) is 0 Å². The van der Waals surface area contributed by atoms with E-state index in [4.69, 9.17) is 9.47 Å². The van der Waals surface area contributed by atoms with E-state index >= 15 is 0 Å². The molecule has 0 aromatic heterocycles. The molecule has 1 rings (SSSR count). The maximum absolute atomic E-state index is 12.0.